The third-order valence-electron chi connectivity index (χ3n) is 4.05. The van der Waals surface area contributed by atoms with Gasteiger partial charge in [0.2, 0.25) is 10.0 Å². The molecule has 0 spiro atoms. The summed E-state index contributed by atoms with van der Waals surface area (Å²) in [5.41, 5.74) is 4.10. The first-order chi connectivity index (χ1) is 12.5. The standard InChI is InChI=1S/C19H20N2O3S2/c1-21-12-14-8-9-15(13-6-4-3-5-7-13)17(18(14)24-2)16-10-11-25-19(16)26(20,22)23/h3-11,21H,12H2,1-2H3,(H2,20,22,23). The minimum absolute atomic E-state index is 0.134. The van der Waals surface area contributed by atoms with Gasteiger partial charge in [0.25, 0.3) is 0 Å². The van der Waals surface area contributed by atoms with Gasteiger partial charge < -0.3 is 10.1 Å². The van der Waals surface area contributed by atoms with Crippen molar-refractivity contribution in [1.29, 1.82) is 0 Å². The molecule has 0 bridgehead atoms. The van der Waals surface area contributed by atoms with E-state index in [1.54, 1.807) is 18.6 Å². The van der Waals surface area contributed by atoms with E-state index in [2.05, 4.69) is 5.32 Å². The smallest absolute Gasteiger partial charge is 0.248 e. The van der Waals surface area contributed by atoms with Gasteiger partial charge in [0.05, 0.1) is 7.11 Å². The average Bonchev–Trinajstić information content (AvgIpc) is 3.12. The molecule has 0 aliphatic carbocycles. The van der Waals surface area contributed by atoms with Gasteiger partial charge in [0.15, 0.2) is 0 Å². The maximum atomic E-state index is 12.1. The highest BCUT2D eigenvalue weighted by Gasteiger charge is 2.24. The molecule has 26 heavy (non-hydrogen) atoms. The third-order valence-corrected chi connectivity index (χ3v) is 6.48. The Labute approximate surface area is 157 Å². The summed E-state index contributed by atoms with van der Waals surface area (Å²) >= 11 is 1.11. The fraction of sp³-hybridized carbons (Fsp3) is 0.158. The lowest BCUT2D eigenvalue weighted by Crippen LogP contribution is -2.12. The van der Waals surface area contributed by atoms with Crippen molar-refractivity contribution in [3.63, 3.8) is 0 Å². The number of nitrogens with one attached hydrogen (secondary N) is 1. The van der Waals surface area contributed by atoms with Gasteiger partial charge in [-0.1, -0.05) is 42.5 Å². The van der Waals surface area contributed by atoms with Crippen LogP contribution in [0.4, 0.5) is 0 Å². The van der Waals surface area contributed by atoms with E-state index in [-0.39, 0.29) is 4.21 Å². The summed E-state index contributed by atoms with van der Waals surface area (Å²) < 4.78 is 30.0. The van der Waals surface area contributed by atoms with E-state index in [1.807, 2.05) is 49.5 Å². The van der Waals surface area contributed by atoms with Gasteiger partial charge in [-0.05, 0) is 29.6 Å². The third kappa shape index (κ3) is 3.52. The molecule has 0 amide bonds. The Morgan fingerprint density at radius 2 is 1.81 bits per heavy atom. The topological polar surface area (TPSA) is 81.4 Å². The second-order valence-corrected chi connectivity index (χ2v) is 8.42. The first kappa shape index (κ1) is 18.6. The number of primary sulfonamides is 1. The fourth-order valence-electron chi connectivity index (χ4n) is 3.02. The van der Waals surface area contributed by atoms with Crippen LogP contribution in [0.25, 0.3) is 22.3 Å². The Kier molecular flexibility index (Phi) is 5.43. The number of hydrogen-bond donors (Lipinski definition) is 2. The molecule has 3 rings (SSSR count). The molecule has 0 saturated carbocycles. The molecule has 0 radical (unpaired) electrons. The zero-order chi connectivity index (χ0) is 18.7. The molecule has 1 heterocycles. The number of methoxy groups -OCH3 is 1. The van der Waals surface area contributed by atoms with Crippen molar-refractivity contribution in [2.24, 2.45) is 5.14 Å². The Balaban J connectivity index is 2.38. The number of ether oxygens (including phenoxy) is 1. The van der Waals surface area contributed by atoms with Crippen LogP contribution >= 0.6 is 11.3 Å². The molecule has 2 aromatic carbocycles. The number of nitrogens with two attached hydrogens (primary N) is 1. The molecule has 7 heteroatoms. The van der Waals surface area contributed by atoms with Gasteiger partial charge in [0, 0.05) is 23.2 Å². The summed E-state index contributed by atoms with van der Waals surface area (Å²) in [4.78, 5) is 0. The summed E-state index contributed by atoms with van der Waals surface area (Å²) in [6, 6.07) is 15.6. The molecule has 0 fully saturated rings. The molecule has 0 saturated heterocycles. The van der Waals surface area contributed by atoms with Gasteiger partial charge in [-0.15, -0.1) is 11.3 Å². The first-order valence-electron chi connectivity index (χ1n) is 7.98. The maximum Gasteiger partial charge on any atom is 0.248 e. The van der Waals surface area contributed by atoms with Crippen molar-refractivity contribution in [3.05, 3.63) is 59.5 Å². The molecule has 3 N–H and O–H groups in total. The van der Waals surface area contributed by atoms with E-state index in [0.717, 1.165) is 33.6 Å². The highest BCUT2D eigenvalue weighted by molar-refractivity contribution is 7.91. The molecular formula is C19H20N2O3S2. The van der Waals surface area contributed by atoms with E-state index >= 15 is 0 Å². The largest absolute Gasteiger partial charge is 0.496 e. The van der Waals surface area contributed by atoms with Crippen molar-refractivity contribution < 1.29 is 13.2 Å². The molecule has 0 atom stereocenters. The fourth-order valence-corrected chi connectivity index (χ4v) is 4.82. The minimum Gasteiger partial charge on any atom is -0.496 e. The Morgan fingerprint density at radius 3 is 2.42 bits per heavy atom. The number of thiophene rings is 1. The molecule has 1 aromatic heterocycles. The van der Waals surface area contributed by atoms with E-state index in [0.29, 0.717) is 17.9 Å². The van der Waals surface area contributed by atoms with Crippen LogP contribution < -0.4 is 15.2 Å². The Bertz CT molecular complexity index is 1010. The lowest BCUT2D eigenvalue weighted by Gasteiger charge is -2.18. The van der Waals surface area contributed by atoms with E-state index in [9.17, 15) is 8.42 Å². The van der Waals surface area contributed by atoms with Gasteiger partial charge in [-0.25, -0.2) is 13.6 Å². The second-order valence-electron chi connectivity index (χ2n) is 5.74. The highest BCUT2D eigenvalue weighted by atomic mass is 32.2. The maximum absolute atomic E-state index is 12.1. The van der Waals surface area contributed by atoms with Crippen molar-refractivity contribution in [1.82, 2.24) is 5.32 Å². The summed E-state index contributed by atoms with van der Waals surface area (Å²) in [5, 5.41) is 10.3. The zero-order valence-corrected chi connectivity index (χ0v) is 16.2. The van der Waals surface area contributed by atoms with Crippen LogP contribution in [0, 0.1) is 0 Å². The van der Waals surface area contributed by atoms with Gasteiger partial charge in [-0.3, -0.25) is 0 Å². The summed E-state index contributed by atoms with van der Waals surface area (Å²) in [5.74, 6) is 0.643. The van der Waals surface area contributed by atoms with Crippen LogP contribution in [0.15, 0.2) is 58.1 Å². The van der Waals surface area contributed by atoms with Crippen LogP contribution in [0.3, 0.4) is 0 Å². The SMILES string of the molecule is CNCc1ccc(-c2ccccc2)c(-c2ccsc2S(N)(=O)=O)c1OC. The second kappa shape index (κ2) is 7.59. The van der Waals surface area contributed by atoms with Crippen molar-refractivity contribution >= 4 is 21.4 Å². The van der Waals surface area contributed by atoms with Gasteiger partial charge in [-0.2, -0.15) is 0 Å². The monoisotopic (exact) mass is 388 g/mol. The number of hydrogen-bond acceptors (Lipinski definition) is 5. The molecular weight excluding hydrogens is 368 g/mol. The molecule has 0 aliphatic heterocycles. The van der Waals surface area contributed by atoms with E-state index in [1.165, 1.54) is 0 Å². The van der Waals surface area contributed by atoms with Crippen molar-refractivity contribution in [3.8, 4) is 28.0 Å². The minimum atomic E-state index is -3.84. The van der Waals surface area contributed by atoms with Crippen molar-refractivity contribution in [2.45, 2.75) is 10.8 Å². The quantitative estimate of drug-likeness (QED) is 0.678. The highest BCUT2D eigenvalue weighted by Crippen LogP contribution is 2.45. The van der Waals surface area contributed by atoms with E-state index < -0.39 is 10.0 Å². The van der Waals surface area contributed by atoms with Crippen LogP contribution in [0.1, 0.15) is 5.56 Å². The van der Waals surface area contributed by atoms with Crippen LogP contribution in [0.2, 0.25) is 0 Å². The molecule has 136 valence electrons. The summed E-state index contributed by atoms with van der Waals surface area (Å²) in [7, 11) is -0.395. The summed E-state index contributed by atoms with van der Waals surface area (Å²) in [6.45, 7) is 0.597. The predicted octanol–water partition coefficient (Wildman–Crippen LogP) is 3.46. The average molecular weight is 389 g/mol. The molecule has 5 nitrogen and oxygen atoms in total. The molecule has 0 unspecified atom stereocenters. The van der Waals surface area contributed by atoms with Crippen molar-refractivity contribution in [2.75, 3.05) is 14.2 Å². The Hall–Kier alpha value is -2.19. The number of benzene rings is 2. The van der Waals surface area contributed by atoms with Gasteiger partial charge in [0.1, 0.15) is 9.96 Å². The van der Waals surface area contributed by atoms with Gasteiger partial charge >= 0.3 is 0 Å². The van der Waals surface area contributed by atoms with Crippen LogP contribution in [-0.4, -0.2) is 22.6 Å². The first-order valence-corrected chi connectivity index (χ1v) is 10.4. The molecule has 0 aliphatic rings. The number of rotatable bonds is 6. The normalized spacial score (nSPS) is 11.5. The van der Waals surface area contributed by atoms with Crippen LogP contribution in [-0.2, 0) is 16.6 Å². The summed E-state index contributed by atoms with van der Waals surface area (Å²) in [6.07, 6.45) is 0. The van der Waals surface area contributed by atoms with Crippen LogP contribution in [0.5, 0.6) is 5.75 Å². The number of sulfonamides is 1. The lowest BCUT2D eigenvalue weighted by atomic mass is 9.92. The zero-order valence-electron chi connectivity index (χ0n) is 14.5. The lowest BCUT2D eigenvalue weighted by molar-refractivity contribution is 0.410. The Morgan fingerprint density at radius 1 is 1.08 bits per heavy atom. The molecule has 3 aromatic rings. The van der Waals surface area contributed by atoms with E-state index in [4.69, 9.17) is 9.88 Å². The predicted molar refractivity (Wildman–Crippen MR) is 106 cm³/mol.